The Morgan fingerprint density at radius 2 is 2.00 bits per heavy atom. The van der Waals surface area contributed by atoms with E-state index in [4.69, 9.17) is 0 Å². The second kappa shape index (κ2) is 3.42. The monoisotopic (exact) mass is 219 g/mol. The van der Waals surface area contributed by atoms with E-state index in [9.17, 15) is 4.79 Å². The Bertz CT molecular complexity index is 480. The number of rotatable bonds is 0. The molecular formula is C12H17N3O. The number of H-pyrrole nitrogens is 1. The van der Waals surface area contributed by atoms with Crippen molar-refractivity contribution in [3.8, 4) is 0 Å². The summed E-state index contributed by atoms with van der Waals surface area (Å²) in [6.45, 7) is 1.86. The standard InChI is InChI=1S/C12H17N3O/c1-7-13-11-6-9-4-3-8(15(9)2)5-10(11)12(16)14-7/h8-9H,3-6H2,1-2H3,(H,13,14,16). The molecule has 0 radical (unpaired) electrons. The van der Waals surface area contributed by atoms with Crippen LogP contribution in [0.4, 0.5) is 0 Å². The van der Waals surface area contributed by atoms with E-state index in [1.54, 1.807) is 0 Å². The summed E-state index contributed by atoms with van der Waals surface area (Å²) < 4.78 is 0. The van der Waals surface area contributed by atoms with Gasteiger partial charge >= 0.3 is 0 Å². The summed E-state index contributed by atoms with van der Waals surface area (Å²) in [6, 6.07) is 1.12. The van der Waals surface area contributed by atoms with Gasteiger partial charge in [-0.3, -0.25) is 9.69 Å². The summed E-state index contributed by atoms with van der Waals surface area (Å²) in [6.07, 6.45) is 4.26. The molecule has 1 aromatic heterocycles. The summed E-state index contributed by atoms with van der Waals surface area (Å²) >= 11 is 0. The smallest absolute Gasteiger partial charge is 0.254 e. The number of fused-ring (bicyclic) bond motifs is 3. The van der Waals surface area contributed by atoms with E-state index in [-0.39, 0.29) is 5.56 Å². The van der Waals surface area contributed by atoms with Gasteiger partial charge in [-0.1, -0.05) is 0 Å². The third-order valence-electron chi connectivity index (χ3n) is 4.07. The Morgan fingerprint density at radius 1 is 1.31 bits per heavy atom. The van der Waals surface area contributed by atoms with Crippen molar-refractivity contribution in [1.82, 2.24) is 14.9 Å². The minimum absolute atomic E-state index is 0.0726. The summed E-state index contributed by atoms with van der Waals surface area (Å²) in [5.74, 6) is 0.740. The molecule has 3 heterocycles. The molecule has 2 aliphatic rings. The lowest BCUT2D eigenvalue weighted by atomic mass is 9.98. The van der Waals surface area contributed by atoms with Gasteiger partial charge in [0.1, 0.15) is 5.82 Å². The van der Waals surface area contributed by atoms with Gasteiger partial charge in [-0.15, -0.1) is 0 Å². The van der Waals surface area contributed by atoms with Crippen molar-refractivity contribution in [2.45, 2.75) is 44.7 Å². The maximum absolute atomic E-state index is 11.9. The van der Waals surface area contributed by atoms with Crippen LogP contribution in [0.2, 0.25) is 0 Å². The number of hydrogen-bond donors (Lipinski definition) is 1. The minimum Gasteiger partial charge on any atom is -0.311 e. The molecule has 1 fully saturated rings. The maximum Gasteiger partial charge on any atom is 0.254 e. The Labute approximate surface area is 94.7 Å². The molecule has 1 aromatic rings. The zero-order chi connectivity index (χ0) is 11.3. The van der Waals surface area contributed by atoms with Crippen molar-refractivity contribution < 1.29 is 0 Å². The molecule has 0 amide bonds. The largest absolute Gasteiger partial charge is 0.311 e. The molecule has 0 spiro atoms. The van der Waals surface area contributed by atoms with Gasteiger partial charge in [0.25, 0.3) is 5.56 Å². The maximum atomic E-state index is 11.9. The van der Waals surface area contributed by atoms with E-state index < -0.39 is 0 Å². The number of nitrogens with one attached hydrogen (secondary N) is 1. The van der Waals surface area contributed by atoms with Crippen LogP contribution in [-0.4, -0.2) is 34.0 Å². The Kier molecular flexibility index (Phi) is 2.14. The summed E-state index contributed by atoms with van der Waals surface area (Å²) in [4.78, 5) is 21.7. The van der Waals surface area contributed by atoms with Crippen LogP contribution in [-0.2, 0) is 12.8 Å². The highest BCUT2D eigenvalue weighted by molar-refractivity contribution is 5.23. The van der Waals surface area contributed by atoms with Gasteiger partial charge in [0.15, 0.2) is 0 Å². The van der Waals surface area contributed by atoms with Gasteiger partial charge in [-0.25, -0.2) is 4.98 Å². The van der Waals surface area contributed by atoms with E-state index >= 15 is 0 Å². The topological polar surface area (TPSA) is 49.0 Å². The van der Waals surface area contributed by atoms with Crippen molar-refractivity contribution in [2.24, 2.45) is 0 Å². The molecule has 2 unspecified atom stereocenters. The second-order valence-corrected chi connectivity index (χ2v) is 5.04. The van der Waals surface area contributed by atoms with E-state index in [2.05, 4.69) is 21.9 Å². The van der Waals surface area contributed by atoms with Crippen LogP contribution in [0.25, 0.3) is 0 Å². The quantitative estimate of drug-likeness (QED) is 0.696. The first-order valence-electron chi connectivity index (χ1n) is 5.96. The van der Waals surface area contributed by atoms with Crippen molar-refractivity contribution in [1.29, 1.82) is 0 Å². The van der Waals surface area contributed by atoms with Gasteiger partial charge < -0.3 is 4.98 Å². The van der Waals surface area contributed by atoms with Gasteiger partial charge in [-0.05, 0) is 33.2 Å². The number of aryl methyl sites for hydroxylation is 1. The number of aromatic nitrogens is 2. The highest BCUT2D eigenvalue weighted by atomic mass is 16.1. The Morgan fingerprint density at radius 3 is 2.75 bits per heavy atom. The van der Waals surface area contributed by atoms with E-state index in [1.165, 1.54) is 12.8 Å². The molecule has 3 rings (SSSR count). The molecule has 2 aliphatic heterocycles. The SMILES string of the molecule is Cc1nc2c(c(=O)[nH]1)CC1CCC(C2)N1C. The van der Waals surface area contributed by atoms with Gasteiger partial charge in [0.2, 0.25) is 0 Å². The first-order chi connectivity index (χ1) is 7.65. The normalized spacial score (nSPS) is 28.9. The first-order valence-corrected chi connectivity index (χ1v) is 5.96. The summed E-state index contributed by atoms with van der Waals surface area (Å²) in [5, 5.41) is 0. The van der Waals surface area contributed by atoms with Crippen molar-refractivity contribution in [3.05, 3.63) is 27.4 Å². The van der Waals surface area contributed by atoms with Crippen molar-refractivity contribution in [3.63, 3.8) is 0 Å². The lowest BCUT2D eigenvalue weighted by Gasteiger charge is -2.21. The molecule has 0 aliphatic carbocycles. The second-order valence-electron chi connectivity index (χ2n) is 5.04. The molecule has 2 atom stereocenters. The summed E-state index contributed by atoms with van der Waals surface area (Å²) in [5.41, 5.74) is 2.02. The summed E-state index contributed by atoms with van der Waals surface area (Å²) in [7, 11) is 2.18. The van der Waals surface area contributed by atoms with Gasteiger partial charge in [0, 0.05) is 24.1 Å². The Hall–Kier alpha value is -1.16. The third-order valence-corrected chi connectivity index (χ3v) is 4.07. The molecule has 4 heteroatoms. The fourth-order valence-electron chi connectivity index (χ4n) is 3.09. The molecule has 0 saturated carbocycles. The first kappa shape index (κ1) is 10.0. The average molecular weight is 219 g/mol. The highest BCUT2D eigenvalue weighted by Gasteiger charge is 2.35. The average Bonchev–Trinajstić information content (AvgIpc) is 2.44. The molecule has 4 nitrogen and oxygen atoms in total. The molecular weight excluding hydrogens is 202 g/mol. The van der Waals surface area contributed by atoms with Crippen LogP contribution in [0, 0.1) is 6.92 Å². The van der Waals surface area contributed by atoms with E-state index in [1.807, 2.05) is 6.92 Å². The Balaban J connectivity index is 2.11. The van der Waals surface area contributed by atoms with Crippen LogP contribution < -0.4 is 5.56 Å². The van der Waals surface area contributed by atoms with Crippen LogP contribution in [0.3, 0.4) is 0 Å². The number of likely N-dealkylation sites (N-methyl/N-ethyl adjacent to an activating group) is 1. The molecule has 1 saturated heterocycles. The zero-order valence-electron chi connectivity index (χ0n) is 9.79. The van der Waals surface area contributed by atoms with Crippen LogP contribution >= 0.6 is 0 Å². The van der Waals surface area contributed by atoms with Gasteiger partial charge in [0.05, 0.1) is 5.69 Å². The van der Waals surface area contributed by atoms with Crippen molar-refractivity contribution in [2.75, 3.05) is 7.05 Å². The minimum atomic E-state index is 0.0726. The third kappa shape index (κ3) is 1.40. The molecule has 86 valence electrons. The molecule has 1 N–H and O–H groups in total. The molecule has 16 heavy (non-hydrogen) atoms. The van der Waals surface area contributed by atoms with Gasteiger partial charge in [-0.2, -0.15) is 0 Å². The van der Waals surface area contributed by atoms with Crippen LogP contribution in [0.5, 0.6) is 0 Å². The van der Waals surface area contributed by atoms with E-state index in [0.29, 0.717) is 12.1 Å². The lowest BCUT2D eigenvalue weighted by Crippen LogP contribution is -2.32. The molecule has 0 aromatic carbocycles. The van der Waals surface area contributed by atoms with Crippen LogP contribution in [0.15, 0.2) is 4.79 Å². The predicted molar refractivity (Wildman–Crippen MR) is 61.6 cm³/mol. The van der Waals surface area contributed by atoms with Crippen molar-refractivity contribution >= 4 is 0 Å². The number of nitrogens with zero attached hydrogens (tertiary/aromatic N) is 2. The highest BCUT2D eigenvalue weighted by Crippen LogP contribution is 2.30. The zero-order valence-corrected chi connectivity index (χ0v) is 9.79. The number of aromatic amines is 1. The van der Waals surface area contributed by atoms with Crippen LogP contribution in [0.1, 0.15) is 29.9 Å². The molecule has 2 bridgehead atoms. The predicted octanol–water partition coefficient (Wildman–Crippen LogP) is 0.640. The lowest BCUT2D eigenvalue weighted by molar-refractivity contribution is 0.246. The fraction of sp³-hybridized carbons (Fsp3) is 0.667. The fourth-order valence-corrected chi connectivity index (χ4v) is 3.09. The number of hydrogen-bond acceptors (Lipinski definition) is 3. The van der Waals surface area contributed by atoms with E-state index in [0.717, 1.165) is 29.9 Å².